The van der Waals surface area contributed by atoms with Crippen molar-refractivity contribution in [3.8, 4) is 5.75 Å². The molecular formula is C16H19BrFNOS. The number of rotatable bonds is 7. The Kier molecular flexibility index (Phi) is 6.21. The van der Waals surface area contributed by atoms with Gasteiger partial charge in [0.1, 0.15) is 18.2 Å². The molecule has 0 radical (unpaired) electrons. The van der Waals surface area contributed by atoms with Gasteiger partial charge in [0.15, 0.2) is 0 Å². The van der Waals surface area contributed by atoms with E-state index in [0.717, 1.165) is 27.2 Å². The minimum Gasteiger partial charge on any atom is -0.488 e. The number of hydrogen-bond donors (Lipinski definition) is 1. The van der Waals surface area contributed by atoms with E-state index in [-0.39, 0.29) is 5.82 Å². The van der Waals surface area contributed by atoms with Crippen LogP contribution in [0.4, 0.5) is 4.39 Å². The summed E-state index contributed by atoms with van der Waals surface area (Å²) in [6.07, 6.45) is 0. The van der Waals surface area contributed by atoms with Crippen molar-refractivity contribution in [2.45, 2.75) is 27.0 Å². The Balaban J connectivity index is 2.02. The molecule has 0 spiro atoms. The molecule has 0 bridgehead atoms. The maximum absolute atomic E-state index is 13.4. The van der Waals surface area contributed by atoms with E-state index in [1.165, 1.54) is 12.1 Å². The van der Waals surface area contributed by atoms with Crippen molar-refractivity contribution in [1.82, 2.24) is 5.32 Å². The summed E-state index contributed by atoms with van der Waals surface area (Å²) in [5, 5.41) is 5.33. The molecule has 1 aromatic heterocycles. The number of halogens is 2. The van der Waals surface area contributed by atoms with Gasteiger partial charge in [-0.2, -0.15) is 0 Å². The van der Waals surface area contributed by atoms with E-state index in [9.17, 15) is 4.39 Å². The molecule has 2 rings (SSSR count). The normalized spacial score (nSPS) is 11.1. The second kappa shape index (κ2) is 7.92. The summed E-state index contributed by atoms with van der Waals surface area (Å²) in [6.45, 7) is 6.28. The van der Waals surface area contributed by atoms with Gasteiger partial charge in [0, 0.05) is 16.6 Å². The van der Waals surface area contributed by atoms with Gasteiger partial charge in [0.25, 0.3) is 0 Å². The first-order chi connectivity index (χ1) is 10.1. The summed E-state index contributed by atoms with van der Waals surface area (Å²) in [5.74, 6) is 1.05. The molecule has 1 N–H and O–H groups in total. The molecule has 21 heavy (non-hydrogen) atoms. The number of benzene rings is 1. The molecule has 1 heterocycles. The highest BCUT2D eigenvalue weighted by atomic mass is 79.9. The Labute approximate surface area is 137 Å². The van der Waals surface area contributed by atoms with Crippen molar-refractivity contribution in [1.29, 1.82) is 0 Å². The zero-order chi connectivity index (χ0) is 15.2. The van der Waals surface area contributed by atoms with Crippen LogP contribution < -0.4 is 10.1 Å². The van der Waals surface area contributed by atoms with Crippen LogP contribution in [0.15, 0.2) is 34.1 Å². The molecule has 2 aromatic rings. The molecular weight excluding hydrogens is 353 g/mol. The quantitative estimate of drug-likeness (QED) is 0.741. The predicted molar refractivity (Wildman–Crippen MR) is 89.3 cm³/mol. The van der Waals surface area contributed by atoms with Crippen molar-refractivity contribution >= 4 is 27.3 Å². The summed E-state index contributed by atoms with van der Waals surface area (Å²) in [4.78, 5) is 1.13. The van der Waals surface area contributed by atoms with E-state index < -0.39 is 0 Å². The summed E-state index contributed by atoms with van der Waals surface area (Å²) in [6, 6.07) is 6.67. The number of hydrogen-bond acceptors (Lipinski definition) is 3. The maximum Gasteiger partial charge on any atom is 0.124 e. The van der Waals surface area contributed by atoms with Gasteiger partial charge in [-0.25, -0.2) is 4.39 Å². The minimum atomic E-state index is -0.235. The Hall–Kier alpha value is -0.910. The molecule has 0 fully saturated rings. The third-order valence-electron chi connectivity index (χ3n) is 2.94. The largest absolute Gasteiger partial charge is 0.488 e. The first-order valence-corrected chi connectivity index (χ1v) is 8.57. The van der Waals surface area contributed by atoms with Crippen LogP contribution in [-0.4, -0.2) is 6.54 Å². The highest BCUT2D eigenvalue weighted by Crippen LogP contribution is 2.26. The first-order valence-electron chi connectivity index (χ1n) is 6.90. The Morgan fingerprint density at radius 3 is 2.81 bits per heavy atom. The number of ether oxygens (including phenoxy) is 1. The minimum absolute atomic E-state index is 0.235. The van der Waals surface area contributed by atoms with Crippen LogP contribution in [0.1, 0.15) is 24.3 Å². The molecule has 0 atom stereocenters. The van der Waals surface area contributed by atoms with Crippen molar-refractivity contribution in [3.05, 3.63) is 50.4 Å². The molecule has 0 aliphatic heterocycles. The van der Waals surface area contributed by atoms with Gasteiger partial charge in [-0.1, -0.05) is 13.8 Å². The molecule has 0 saturated heterocycles. The van der Waals surface area contributed by atoms with Gasteiger partial charge in [0.2, 0.25) is 0 Å². The third kappa shape index (κ3) is 5.09. The summed E-state index contributed by atoms with van der Waals surface area (Å²) >= 11 is 5.12. The monoisotopic (exact) mass is 371 g/mol. The van der Waals surface area contributed by atoms with E-state index in [1.807, 2.05) is 11.4 Å². The fourth-order valence-electron chi connectivity index (χ4n) is 1.89. The van der Waals surface area contributed by atoms with Crippen LogP contribution in [0.2, 0.25) is 0 Å². The highest BCUT2D eigenvalue weighted by molar-refractivity contribution is 9.10. The van der Waals surface area contributed by atoms with Crippen LogP contribution in [-0.2, 0) is 13.2 Å². The lowest BCUT2D eigenvalue weighted by atomic mass is 10.1. The Bertz CT molecular complexity index is 585. The molecule has 2 nitrogen and oxygen atoms in total. The highest BCUT2D eigenvalue weighted by Gasteiger charge is 2.08. The second-order valence-electron chi connectivity index (χ2n) is 5.26. The van der Waals surface area contributed by atoms with Gasteiger partial charge in [-0.15, -0.1) is 11.3 Å². The number of thiophene rings is 1. The smallest absolute Gasteiger partial charge is 0.124 e. The lowest BCUT2D eigenvalue weighted by Gasteiger charge is -2.13. The average Bonchev–Trinajstić information content (AvgIpc) is 2.83. The second-order valence-corrected chi connectivity index (χ2v) is 7.11. The van der Waals surface area contributed by atoms with E-state index in [2.05, 4.69) is 35.1 Å². The van der Waals surface area contributed by atoms with E-state index in [1.54, 1.807) is 17.4 Å². The van der Waals surface area contributed by atoms with Crippen molar-refractivity contribution < 1.29 is 9.13 Å². The van der Waals surface area contributed by atoms with Gasteiger partial charge < -0.3 is 10.1 Å². The van der Waals surface area contributed by atoms with Gasteiger partial charge in [0.05, 0.1) is 4.88 Å². The predicted octanol–water partition coefficient (Wildman–Crippen LogP) is 4.97. The molecule has 114 valence electrons. The van der Waals surface area contributed by atoms with Gasteiger partial charge in [-0.05, 0) is 58.0 Å². The SMILES string of the molecule is CC(C)CNCc1cc(F)ccc1OCc1sccc1Br. The van der Waals surface area contributed by atoms with E-state index in [0.29, 0.717) is 19.1 Å². The molecule has 0 amide bonds. The van der Waals surface area contributed by atoms with Crippen LogP contribution in [0, 0.1) is 11.7 Å². The zero-order valence-corrected chi connectivity index (χ0v) is 14.6. The van der Waals surface area contributed by atoms with Gasteiger partial charge in [-0.3, -0.25) is 0 Å². The van der Waals surface area contributed by atoms with Crippen LogP contribution in [0.25, 0.3) is 0 Å². The number of nitrogens with one attached hydrogen (secondary N) is 1. The van der Waals surface area contributed by atoms with E-state index in [4.69, 9.17) is 4.74 Å². The van der Waals surface area contributed by atoms with Crippen molar-refractivity contribution in [2.75, 3.05) is 6.54 Å². The average molecular weight is 372 g/mol. The van der Waals surface area contributed by atoms with Crippen LogP contribution in [0.3, 0.4) is 0 Å². The first kappa shape index (κ1) is 16.5. The standard InChI is InChI=1S/C16H19BrFNOS/c1-11(2)8-19-9-12-7-13(18)3-4-15(12)20-10-16-14(17)5-6-21-16/h3-7,11,19H,8-10H2,1-2H3. The van der Waals surface area contributed by atoms with Crippen LogP contribution >= 0.6 is 27.3 Å². The zero-order valence-electron chi connectivity index (χ0n) is 12.2. The summed E-state index contributed by atoms with van der Waals surface area (Å²) in [5.41, 5.74) is 0.850. The molecule has 0 aliphatic rings. The molecule has 0 aliphatic carbocycles. The van der Waals surface area contributed by atoms with Crippen LogP contribution in [0.5, 0.6) is 5.75 Å². The maximum atomic E-state index is 13.4. The van der Waals surface area contributed by atoms with E-state index >= 15 is 0 Å². The van der Waals surface area contributed by atoms with Crippen molar-refractivity contribution in [3.63, 3.8) is 0 Å². The lowest BCUT2D eigenvalue weighted by Crippen LogP contribution is -2.19. The van der Waals surface area contributed by atoms with Crippen molar-refractivity contribution in [2.24, 2.45) is 5.92 Å². The molecule has 5 heteroatoms. The lowest BCUT2D eigenvalue weighted by molar-refractivity contribution is 0.304. The molecule has 1 aromatic carbocycles. The topological polar surface area (TPSA) is 21.3 Å². The fraction of sp³-hybridized carbons (Fsp3) is 0.375. The summed E-state index contributed by atoms with van der Waals surface area (Å²) < 4.78 is 20.3. The summed E-state index contributed by atoms with van der Waals surface area (Å²) in [7, 11) is 0. The molecule has 0 saturated carbocycles. The fourth-order valence-corrected chi connectivity index (χ4v) is 3.27. The Morgan fingerprint density at radius 1 is 1.33 bits per heavy atom. The molecule has 0 unspecified atom stereocenters. The Morgan fingerprint density at radius 2 is 2.14 bits per heavy atom. The van der Waals surface area contributed by atoms with Gasteiger partial charge >= 0.3 is 0 Å². The third-order valence-corrected chi connectivity index (χ3v) is 4.84.